The zero-order valence-corrected chi connectivity index (χ0v) is 9.27. The number of hydrogen-bond donors (Lipinski definition) is 1. The molecular weight excluding hydrogens is 217 g/mol. The Hall–Kier alpha value is -0.800. The van der Waals surface area contributed by atoms with Crippen LogP contribution in [-0.4, -0.2) is 25.9 Å². The molecule has 1 fully saturated rings. The summed E-state index contributed by atoms with van der Waals surface area (Å²) in [6.07, 6.45) is 0.351. The average Bonchev–Trinajstić information content (AvgIpc) is 2.16. The van der Waals surface area contributed by atoms with E-state index in [9.17, 15) is 4.39 Å². The number of nitrogens with one attached hydrogen (secondary N) is 1. The summed E-state index contributed by atoms with van der Waals surface area (Å²) in [6, 6.07) is 5.28. The van der Waals surface area contributed by atoms with Crippen LogP contribution in [0.4, 0.5) is 4.39 Å². The SMILES string of the molecule is COc1ccc(Cl)cc1CC1(F)CNC1. The van der Waals surface area contributed by atoms with E-state index in [4.69, 9.17) is 16.3 Å². The van der Waals surface area contributed by atoms with Gasteiger partial charge in [-0.3, -0.25) is 0 Å². The molecule has 0 amide bonds. The predicted octanol–water partition coefficient (Wildman–Crippen LogP) is 2.20. The Morgan fingerprint density at radius 2 is 2.27 bits per heavy atom. The molecule has 0 atom stereocenters. The molecule has 2 nitrogen and oxygen atoms in total. The molecule has 1 saturated heterocycles. The fourth-order valence-corrected chi connectivity index (χ4v) is 1.94. The quantitative estimate of drug-likeness (QED) is 0.858. The standard InChI is InChI=1S/C11H13ClFNO/c1-15-10-3-2-9(12)4-8(10)5-11(13)6-14-7-11/h2-4,14H,5-7H2,1H3. The third kappa shape index (κ3) is 2.24. The zero-order chi connectivity index (χ0) is 10.9. The maximum atomic E-state index is 13.9. The van der Waals surface area contributed by atoms with Gasteiger partial charge in [0.05, 0.1) is 7.11 Å². The molecule has 0 aliphatic carbocycles. The molecule has 1 aliphatic heterocycles. The van der Waals surface area contributed by atoms with Crippen molar-refractivity contribution < 1.29 is 9.13 Å². The highest BCUT2D eigenvalue weighted by Gasteiger charge is 2.37. The molecule has 1 aromatic carbocycles. The summed E-state index contributed by atoms with van der Waals surface area (Å²) in [7, 11) is 1.58. The van der Waals surface area contributed by atoms with Crippen LogP contribution in [0, 0.1) is 0 Å². The van der Waals surface area contributed by atoms with Crippen LogP contribution in [0.3, 0.4) is 0 Å². The van der Waals surface area contributed by atoms with Gasteiger partial charge in [0, 0.05) is 24.5 Å². The van der Waals surface area contributed by atoms with Crippen LogP contribution < -0.4 is 10.1 Å². The van der Waals surface area contributed by atoms with Gasteiger partial charge in [0.1, 0.15) is 11.4 Å². The lowest BCUT2D eigenvalue weighted by Gasteiger charge is -2.35. The van der Waals surface area contributed by atoms with E-state index in [1.165, 1.54) is 0 Å². The molecule has 0 aromatic heterocycles. The van der Waals surface area contributed by atoms with E-state index in [-0.39, 0.29) is 0 Å². The molecule has 4 heteroatoms. The largest absolute Gasteiger partial charge is 0.496 e. The number of methoxy groups -OCH3 is 1. The number of hydrogen-bond acceptors (Lipinski definition) is 2. The summed E-state index contributed by atoms with van der Waals surface area (Å²) < 4.78 is 19.0. The monoisotopic (exact) mass is 229 g/mol. The van der Waals surface area contributed by atoms with E-state index >= 15 is 0 Å². The topological polar surface area (TPSA) is 21.3 Å². The van der Waals surface area contributed by atoms with Crippen molar-refractivity contribution in [2.24, 2.45) is 0 Å². The lowest BCUT2D eigenvalue weighted by atomic mass is 9.90. The second-order valence-corrected chi connectivity index (χ2v) is 4.32. The molecule has 0 unspecified atom stereocenters. The molecule has 0 spiro atoms. The molecule has 1 aromatic rings. The molecular formula is C11H13ClFNO. The van der Waals surface area contributed by atoms with Gasteiger partial charge in [0.2, 0.25) is 0 Å². The second kappa shape index (κ2) is 3.99. The van der Waals surface area contributed by atoms with Crippen molar-refractivity contribution >= 4 is 11.6 Å². The highest BCUT2D eigenvalue weighted by atomic mass is 35.5. The normalized spacial score (nSPS) is 18.3. The minimum absolute atomic E-state index is 0.351. The summed E-state index contributed by atoms with van der Waals surface area (Å²) in [5.74, 6) is 0.698. The summed E-state index contributed by atoms with van der Waals surface area (Å²) in [5, 5.41) is 3.54. The van der Waals surface area contributed by atoms with Crippen molar-refractivity contribution in [2.75, 3.05) is 20.2 Å². The maximum Gasteiger partial charge on any atom is 0.139 e. The van der Waals surface area contributed by atoms with Gasteiger partial charge in [-0.1, -0.05) is 11.6 Å². The van der Waals surface area contributed by atoms with E-state index in [1.54, 1.807) is 25.3 Å². The minimum atomic E-state index is -1.14. The molecule has 2 rings (SSSR count). The van der Waals surface area contributed by atoms with Gasteiger partial charge in [0.15, 0.2) is 0 Å². The van der Waals surface area contributed by atoms with Gasteiger partial charge >= 0.3 is 0 Å². The van der Waals surface area contributed by atoms with Crippen LogP contribution in [0.1, 0.15) is 5.56 Å². The lowest BCUT2D eigenvalue weighted by molar-refractivity contribution is 0.0904. The molecule has 15 heavy (non-hydrogen) atoms. The Morgan fingerprint density at radius 3 is 2.80 bits per heavy atom. The van der Waals surface area contributed by atoms with E-state index in [1.807, 2.05) is 0 Å². The zero-order valence-electron chi connectivity index (χ0n) is 8.52. The van der Waals surface area contributed by atoms with Crippen molar-refractivity contribution in [2.45, 2.75) is 12.1 Å². The smallest absolute Gasteiger partial charge is 0.139 e. The van der Waals surface area contributed by atoms with Crippen molar-refractivity contribution in [1.29, 1.82) is 0 Å². The average molecular weight is 230 g/mol. The molecule has 82 valence electrons. The van der Waals surface area contributed by atoms with Gasteiger partial charge in [0.25, 0.3) is 0 Å². The highest BCUT2D eigenvalue weighted by molar-refractivity contribution is 6.30. The number of benzene rings is 1. The van der Waals surface area contributed by atoms with E-state index < -0.39 is 5.67 Å². The van der Waals surface area contributed by atoms with Crippen LogP contribution in [0.15, 0.2) is 18.2 Å². The highest BCUT2D eigenvalue weighted by Crippen LogP contribution is 2.29. The third-order valence-corrected chi connectivity index (χ3v) is 2.87. The lowest BCUT2D eigenvalue weighted by Crippen LogP contribution is -2.57. The Morgan fingerprint density at radius 1 is 1.53 bits per heavy atom. The van der Waals surface area contributed by atoms with E-state index in [0.717, 1.165) is 5.56 Å². The fourth-order valence-electron chi connectivity index (χ4n) is 1.75. The van der Waals surface area contributed by atoms with Crippen molar-refractivity contribution in [3.63, 3.8) is 0 Å². The molecule has 0 radical (unpaired) electrons. The van der Waals surface area contributed by atoms with E-state index in [0.29, 0.717) is 30.3 Å². The van der Waals surface area contributed by atoms with Gasteiger partial charge in [-0.05, 0) is 23.8 Å². The molecule has 1 N–H and O–H groups in total. The Labute approximate surface area is 93.4 Å². The van der Waals surface area contributed by atoms with Crippen LogP contribution in [0.2, 0.25) is 5.02 Å². The summed E-state index contributed by atoms with van der Waals surface area (Å²) in [5.41, 5.74) is -0.313. The first-order valence-electron chi connectivity index (χ1n) is 4.85. The maximum absolute atomic E-state index is 13.9. The van der Waals surface area contributed by atoms with Crippen LogP contribution >= 0.6 is 11.6 Å². The van der Waals surface area contributed by atoms with Crippen LogP contribution in [0.5, 0.6) is 5.75 Å². The Balaban J connectivity index is 2.21. The minimum Gasteiger partial charge on any atom is -0.496 e. The first kappa shape index (κ1) is 10.7. The first-order chi connectivity index (χ1) is 7.13. The molecule has 0 bridgehead atoms. The van der Waals surface area contributed by atoms with Crippen molar-refractivity contribution in [3.8, 4) is 5.75 Å². The first-order valence-corrected chi connectivity index (χ1v) is 5.23. The Bertz CT molecular complexity index is 366. The number of alkyl halides is 1. The summed E-state index contributed by atoms with van der Waals surface area (Å²) in [6.45, 7) is 0.811. The van der Waals surface area contributed by atoms with Gasteiger partial charge < -0.3 is 10.1 Å². The molecule has 0 saturated carbocycles. The van der Waals surface area contributed by atoms with Gasteiger partial charge in [-0.25, -0.2) is 4.39 Å². The second-order valence-electron chi connectivity index (χ2n) is 3.89. The molecule has 1 aliphatic rings. The Kier molecular flexibility index (Phi) is 2.85. The predicted molar refractivity (Wildman–Crippen MR) is 58.4 cm³/mol. The third-order valence-electron chi connectivity index (χ3n) is 2.63. The van der Waals surface area contributed by atoms with E-state index in [2.05, 4.69) is 5.32 Å². The molecule has 1 heterocycles. The summed E-state index contributed by atoms with van der Waals surface area (Å²) in [4.78, 5) is 0. The van der Waals surface area contributed by atoms with Gasteiger partial charge in [-0.2, -0.15) is 0 Å². The van der Waals surface area contributed by atoms with Crippen LogP contribution in [-0.2, 0) is 6.42 Å². The number of rotatable bonds is 3. The fraction of sp³-hybridized carbons (Fsp3) is 0.455. The van der Waals surface area contributed by atoms with Crippen molar-refractivity contribution in [1.82, 2.24) is 5.32 Å². The number of halogens is 2. The van der Waals surface area contributed by atoms with Gasteiger partial charge in [-0.15, -0.1) is 0 Å². The van der Waals surface area contributed by atoms with Crippen molar-refractivity contribution in [3.05, 3.63) is 28.8 Å². The number of ether oxygens (including phenoxy) is 1. The summed E-state index contributed by atoms with van der Waals surface area (Å²) >= 11 is 5.87. The van der Waals surface area contributed by atoms with Crippen LogP contribution in [0.25, 0.3) is 0 Å².